The molecule has 0 radical (unpaired) electrons. The smallest absolute Gasteiger partial charge is 0.252 e. The molecule has 3 aliphatic carbocycles. The van der Waals surface area contributed by atoms with Gasteiger partial charge < -0.3 is 5.32 Å². The minimum absolute atomic E-state index is 0.0272. The predicted molar refractivity (Wildman–Crippen MR) is 82.7 cm³/mol. The zero-order valence-electron chi connectivity index (χ0n) is 12.3. The molecule has 0 unspecified atom stereocenters. The Morgan fingerprint density at radius 3 is 2.41 bits per heavy atom. The van der Waals surface area contributed by atoms with E-state index in [-0.39, 0.29) is 22.8 Å². The average Bonchev–Trinajstić information content (AvgIpc) is 2.42. The highest BCUT2D eigenvalue weighted by Gasteiger charge is 2.72. The maximum atomic E-state index is 12.3. The van der Waals surface area contributed by atoms with Crippen LogP contribution in [0.15, 0.2) is 18.2 Å². The topological polar surface area (TPSA) is 58.6 Å². The van der Waals surface area contributed by atoms with Crippen LogP contribution in [0.4, 0.5) is 0 Å². The van der Waals surface area contributed by atoms with Gasteiger partial charge >= 0.3 is 0 Å². The number of benzene rings is 1. The van der Waals surface area contributed by atoms with Crippen LogP contribution in [0.1, 0.15) is 29.6 Å². The molecule has 2 bridgehead atoms. The summed E-state index contributed by atoms with van der Waals surface area (Å²) in [5, 5.41) is 5.02. The fourth-order valence-electron chi connectivity index (χ4n) is 3.51. The van der Waals surface area contributed by atoms with E-state index in [1.807, 2.05) is 0 Å². The lowest BCUT2D eigenvalue weighted by Gasteiger charge is -2.69. The summed E-state index contributed by atoms with van der Waals surface area (Å²) in [6.07, 6.45) is 1.96. The minimum atomic E-state index is -0.365. The van der Waals surface area contributed by atoms with E-state index in [0.29, 0.717) is 34.9 Å². The molecule has 3 aliphatic rings. The van der Waals surface area contributed by atoms with Crippen LogP contribution in [0.5, 0.6) is 0 Å². The third-order valence-electron chi connectivity index (χ3n) is 4.60. The van der Waals surface area contributed by atoms with Gasteiger partial charge in [0.2, 0.25) is 0 Å². The second-order valence-electron chi connectivity index (χ2n) is 6.16. The first-order valence-corrected chi connectivity index (χ1v) is 7.66. The van der Waals surface area contributed by atoms with Gasteiger partial charge in [0, 0.05) is 18.2 Å². The number of nitrogens with zero attached hydrogens (tertiary/aromatic N) is 1. The van der Waals surface area contributed by atoms with E-state index in [1.165, 1.54) is 12.2 Å². The first-order valence-electron chi connectivity index (χ1n) is 6.91. The van der Waals surface area contributed by atoms with Crippen molar-refractivity contribution in [2.24, 2.45) is 5.41 Å². The molecule has 1 aromatic carbocycles. The molecule has 4 rings (SSSR count). The van der Waals surface area contributed by atoms with Gasteiger partial charge in [-0.2, -0.15) is 0 Å². The van der Waals surface area contributed by atoms with Crippen LogP contribution < -0.4 is 5.32 Å². The Morgan fingerprint density at radius 1 is 1.23 bits per heavy atom. The number of carbonyl (C=O) groups excluding carboxylic acids is 2. The maximum absolute atomic E-state index is 12.3. The third kappa shape index (κ3) is 2.28. The lowest BCUT2D eigenvalue weighted by molar-refractivity contribution is -0.219. The summed E-state index contributed by atoms with van der Waals surface area (Å²) in [7, 11) is 3.06. The summed E-state index contributed by atoms with van der Waals surface area (Å²) in [6, 6.07) is 4.78. The highest BCUT2D eigenvalue weighted by molar-refractivity contribution is 6.42. The second-order valence-corrected chi connectivity index (χ2v) is 6.97. The zero-order valence-corrected chi connectivity index (χ0v) is 13.8. The highest BCUT2D eigenvalue weighted by Crippen LogP contribution is 2.67. The van der Waals surface area contributed by atoms with E-state index in [1.54, 1.807) is 25.2 Å². The lowest BCUT2D eigenvalue weighted by atomic mass is 9.39. The summed E-state index contributed by atoms with van der Waals surface area (Å²) in [6.45, 7) is 0. The summed E-state index contributed by atoms with van der Waals surface area (Å²) < 4.78 is 0. The minimum Gasteiger partial charge on any atom is -0.346 e. The van der Waals surface area contributed by atoms with Crippen LogP contribution in [0.3, 0.4) is 0 Å². The average molecular weight is 343 g/mol. The Kier molecular flexibility index (Phi) is 3.62. The Balaban J connectivity index is 1.62. The Hall–Kier alpha value is -1.30. The van der Waals surface area contributed by atoms with Gasteiger partial charge in [0.15, 0.2) is 0 Å². The number of halogens is 2. The van der Waals surface area contributed by atoms with E-state index in [9.17, 15) is 9.59 Å². The molecule has 0 spiro atoms. The van der Waals surface area contributed by atoms with E-state index < -0.39 is 0 Å². The van der Waals surface area contributed by atoms with Crippen molar-refractivity contribution < 1.29 is 14.4 Å². The summed E-state index contributed by atoms with van der Waals surface area (Å²) >= 11 is 11.8. The number of rotatable bonds is 4. The number of hydroxylamine groups is 2. The van der Waals surface area contributed by atoms with Crippen molar-refractivity contribution >= 4 is 35.0 Å². The van der Waals surface area contributed by atoms with E-state index in [2.05, 4.69) is 5.32 Å². The summed E-state index contributed by atoms with van der Waals surface area (Å²) in [5.74, 6) is -0.222. The lowest BCUT2D eigenvalue weighted by Crippen LogP contribution is -2.78. The molecule has 0 saturated heterocycles. The molecule has 3 fully saturated rings. The number of amides is 2. The predicted octanol–water partition coefficient (Wildman–Crippen LogP) is 2.67. The molecule has 1 aromatic rings. The molecule has 0 aromatic heterocycles. The maximum Gasteiger partial charge on any atom is 0.252 e. The monoisotopic (exact) mass is 342 g/mol. The van der Waals surface area contributed by atoms with Crippen LogP contribution in [-0.2, 0) is 9.63 Å². The third-order valence-corrected chi connectivity index (χ3v) is 5.34. The molecule has 0 atom stereocenters. The van der Waals surface area contributed by atoms with Crippen molar-refractivity contribution in [2.75, 3.05) is 14.2 Å². The van der Waals surface area contributed by atoms with Gasteiger partial charge in [-0.15, -0.1) is 0 Å². The number of nitrogens with one attached hydrogen (secondary N) is 1. The highest BCUT2D eigenvalue weighted by atomic mass is 35.5. The molecule has 5 nitrogen and oxygen atoms in total. The number of hydrogen-bond acceptors (Lipinski definition) is 3. The summed E-state index contributed by atoms with van der Waals surface area (Å²) in [4.78, 5) is 29.4. The molecular formula is C15H16Cl2N2O3. The van der Waals surface area contributed by atoms with Crippen molar-refractivity contribution in [1.29, 1.82) is 0 Å². The fourth-order valence-corrected chi connectivity index (χ4v) is 3.81. The van der Waals surface area contributed by atoms with Gasteiger partial charge in [-0.25, -0.2) is 5.06 Å². The first kappa shape index (κ1) is 15.6. The van der Waals surface area contributed by atoms with Gasteiger partial charge in [-0.1, -0.05) is 23.2 Å². The second kappa shape index (κ2) is 5.11. The molecule has 7 heteroatoms. The van der Waals surface area contributed by atoms with E-state index >= 15 is 0 Å². The van der Waals surface area contributed by atoms with Crippen molar-refractivity contribution in [3.8, 4) is 0 Å². The Bertz CT molecular complexity index is 642. The van der Waals surface area contributed by atoms with E-state index in [4.69, 9.17) is 28.0 Å². The molecule has 2 amide bonds. The van der Waals surface area contributed by atoms with Gasteiger partial charge in [-0.05, 0) is 37.5 Å². The largest absolute Gasteiger partial charge is 0.346 e. The van der Waals surface area contributed by atoms with Crippen molar-refractivity contribution in [3.05, 3.63) is 33.8 Å². The molecule has 3 saturated carbocycles. The van der Waals surface area contributed by atoms with Crippen molar-refractivity contribution in [3.63, 3.8) is 0 Å². The van der Waals surface area contributed by atoms with Gasteiger partial charge in [0.25, 0.3) is 11.8 Å². The van der Waals surface area contributed by atoms with Crippen molar-refractivity contribution in [1.82, 2.24) is 10.4 Å². The van der Waals surface area contributed by atoms with Crippen LogP contribution in [0.2, 0.25) is 10.0 Å². The SMILES string of the molecule is CON(C)C(=O)C12CC(NC(=O)c3ccc(Cl)c(Cl)c3)(C1)C2. The van der Waals surface area contributed by atoms with Crippen LogP contribution in [0.25, 0.3) is 0 Å². The molecule has 0 heterocycles. The number of carbonyl (C=O) groups is 2. The van der Waals surface area contributed by atoms with E-state index in [0.717, 1.165) is 0 Å². The van der Waals surface area contributed by atoms with Crippen LogP contribution in [0, 0.1) is 5.41 Å². The van der Waals surface area contributed by atoms with Gasteiger partial charge in [0.1, 0.15) is 0 Å². The Morgan fingerprint density at radius 2 is 1.86 bits per heavy atom. The van der Waals surface area contributed by atoms with Gasteiger partial charge in [-0.3, -0.25) is 14.4 Å². The molecule has 22 heavy (non-hydrogen) atoms. The van der Waals surface area contributed by atoms with Crippen LogP contribution >= 0.6 is 23.2 Å². The number of hydrogen-bond donors (Lipinski definition) is 1. The van der Waals surface area contributed by atoms with Crippen molar-refractivity contribution in [2.45, 2.75) is 24.8 Å². The normalized spacial score (nSPS) is 28.4. The first-order chi connectivity index (χ1) is 10.3. The Labute approximate surface area is 138 Å². The zero-order chi connectivity index (χ0) is 16.1. The quantitative estimate of drug-likeness (QED) is 0.855. The molecule has 1 N–H and O–H groups in total. The summed E-state index contributed by atoms with van der Waals surface area (Å²) in [5.41, 5.74) is -0.170. The standard InChI is InChI=1S/C15H16Cl2N2O3/c1-19(22-2)13(21)14-6-15(7-14,8-14)18-12(20)9-3-4-10(16)11(17)5-9/h3-5H,6-8H2,1-2H3,(H,18,20). The van der Waals surface area contributed by atoms with Gasteiger partial charge in [0.05, 0.1) is 22.6 Å². The molecular weight excluding hydrogens is 327 g/mol. The fraction of sp³-hybridized carbons (Fsp3) is 0.467. The van der Waals surface area contributed by atoms with Crippen LogP contribution in [-0.4, -0.2) is 36.6 Å². The molecule has 0 aliphatic heterocycles. The molecule has 118 valence electrons.